The first kappa shape index (κ1) is 22.7. The smallest absolute Gasteiger partial charge is 0.348 e. The summed E-state index contributed by atoms with van der Waals surface area (Å²) in [6.07, 6.45) is 4.23. The quantitative estimate of drug-likeness (QED) is 0.262. The van der Waals surface area contributed by atoms with E-state index in [4.69, 9.17) is 4.74 Å². The SMILES string of the molecule is CCCCc1ccc(-c2ccccc2-c2ccc(OC(=O)C(C)(F)CCC)cc2)cc1. The minimum atomic E-state index is -1.97. The van der Waals surface area contributed by atoms with Gasteiger partial charge in [-0.05, 0) is 66.1 Å². The lowest BCUT2D eigenvalue weighted by Crippen LogP contribution is -2.34. The van der Waals surface area contributed by atoms with Crippen molar-refractivity contribution in [3.63, 3.8) is 0 Å². The maximum Gasteiger partial charge on any atom is 0.348 e. The van der Waals surface area contributed by atoms with Gasteiger partial charge in [0.15, 0.2) is 0 Å². The zero-order chi connectivity index (χ0) is 22.3. The molecule has 0 aliphatic rings. The molecule has 0 radical (unpaired) electrons. The predicted octanol–water partition coefficient (Wildman–Crippen LogP) is 7.80. The normalized spacial score (nSPS) is 12.9. The summed E-state index contributed by atoms with van der Waals surface area (Å²) >= 11 is 0. The second-order valence-electron chi connectivity index (χ2n) is 8.21. The highest BCUT2D eigenvalue weighted by Crippen LogP contribution is 2.33. The Hall–Kier alpha value is -2.94. The summed E-state index contributed by atoms with van der Waals surface area (Å²) in [6.45, 7) is 5.32. The monoisotopic (exact) mass is 418 g/mol. The van der Waals surface area contributed by atoms with E-state index in [1.807, 2.05) is 31.2 Å². The number of carbonyl (C=O) groups is 1. The van der Waals surface area contributed by atoms with Crippen molar-refractivity contribution in [2.75, 3.05) is 0 Å². The lowest BCUT2D eigenvalue weighted by Gasteiger charge is -2.17. The number of alkyl halides is 1. The summed E-state index contributed by atoms with van der Waals surface area (Å²) in [4.78, 5) is 12.1. The molecule has 0 fully saturated rings. The number of hydrogen-bond donors (Lipinski definition) is 0. The highest BCUT2D eigenvalue weighted by Gasteiger charge is 2.34. The van der Waals surface area contributed by atoms with E-state index in [0.29, 0.717) is 12.2 Å². The summed E-state index contributed by atoms with van der Waals surface area (Å²) in [5.41, 5.74) is 3.82. The lowest BCUT2D eigenvalue weighted by molar-refractivity contribution is -0.147. The van der Waals surface area contributed by atoms with Crippen molar-refractivity contribution < 1.29 is 13.9 Å². The molecule has 31 heavy (non-hydrogen) atoms. The molecule has 0 bridgehead atoms. The van der Waals surface area contributed by atoms with Crippen LogP contribution in [0.4, 0.5) is 4.39 Å². The Bertz CT molecular complexity index is 988. The van der Waals surface area contributed by atoms with Gasteiger partial charge >= 0.3 is 5.97 Å². The highest BCUT2D eigenvalue weighted by molar-refractivity contribution is 5.84. The Morgan fingerprint density at radius 2 is 1.39 bits per heavy atom. The molecule has 0 aliphatic heterocycles. The Morgan fingerprint density at radius 3 is 1.90 bits per heavy atom. The molecule has 0 aliphatic carbocycles. The molecule has 3 heteroatoms. The van der Waals surface area contributed by atoms with E-state index in [-0.39, 0.29) is 6.42 Å². The van der Waals surface area contributed by atoms with Gasteiger partial charge in [0, 0.05) is 0 Å². The van der Waals surface area contributed by atoms with E-state index in [1.165, 1.54) is 30.9 Å². The molecule has 162 valence electrons. The number of rotatable bonds is 9. The van der Waals surface area contributed by atoms with Gasteiger partial charge in [-0.25, -0.2) is 9.18 Å². The number of esters is 1. The molecule has 2 nitrogen and oxygen atoms in total. The van der Waals surface area contributed by atoms with E-state index < -0.39 is 11.6 Å². The third-order valence-corrected chi connectivity index (χ3v) is 5.53. The first-order valence-electron chi connectivity index (χ1n) is 11.1. The van der Waals surface area contributed by atoms with E-state index in [2.05, 4.69) is 43.3 Å². The first-order valence-corrected chi connectivity index (χ1v) is 11.1. The minimum Gasteiger partial charge on any atom is -0.424 e. The molecular weight excluding hydrogens is 387 g/mol. The van der Waals surface area contributed by atoms with Crippen LogP contribution < -0.4 is 4.74 Å². The molecule has 1 atom stereocenters. The van der Waals surface area contributed by atoms with Gasteiger partial charge in [-0.1, -0.05) is 87.4 Å². The van der Waals surface area contributed by atoms with Crippen molar-refractivity contribution in [2.45, 2.75) is 58.5 Å². The predicted molar refractivity (Wildman–Crippen MR) is 126 cm³/mol. The summed E-state index contributed by atoms with van der Waals surface area (Å²) in [6, 6.07) is 24.3. The molecule has 0 amide bonds. The van der Waals surface area contributed by atoms with Crippen molar-refractivity contribution >= 4 is 5.97 Å². The van der Waals surface area contributed by atoms with Crippen LogP contribution in [0.2, 0.25) is 0 Å². The molecule has 0 saturated heterocycles. The number of aryl methyl sites for hydroxylation is 1. The van der Waals surface area contributed by atoms with Crippen LogP contribution in [0.5, 0.6) is 5.75 Å². The Balaban J connectivity index is 1.80. The van der Waals surface area contributed by atoms with Crippen LogP contribution in [0.15, 0.2) is 72.8 Å². The molecule has 0 heterocycles. The number of hydrogen-bond acceptors (Lipinski definition) is 2. The fourth-order valence-electron chi connectivity index (χ4n) is 3.71. The van der Waals surface area contributed by atoms with Gasteiger partial charge in [0.05, 0.1) is 0 Å². The summed E-state index contributed by atoms with van der Waals surface area (Å²) in [5, 5.41) is 0. The number of unbranched alkanes of at least 4 members (excludes halogenated alkanes) is 1. The minimum absolute atomic E-state index is 0.147. The van der Waals surface area contributed by atoms with Gasteiger partial charge in [0.2, 0.25) is 5.67 Å². The topological polar surface area (TPSA) is 26.3 Å². The molecule has 3 rings (SSSR count). The molecule has 0 saturated carbocycles. The summed E-state index contributed by atoms with van der Waals surface area (Å²) < 4.78 is 19.6. The van der Waals surface area contributed by atoms with E-state index >= 15 is 0 Å². The van der Waals surface area contributed by atoms with Gasteiger partial charge in [-0.15, -0.1) is 0 Å². The van der Waals surface area contributed by atoms with Crippen LogP contribution in [0, 0.1) is 0 Å². The second kappa shape index (κ2) is 10.4. The molecule has 0 aromatic heterocycles. The fraction of sp³-hybridized carbons (Fsp3) is 0.321. The van der Waals surface area contributed by atoms with Crippen LogP contribution in [0.25, 0.3) is 22.3 Å². The maximum absolute atomic E-state index is 14.4. The number of halogens is 1. The average Bonchev–Trinajstić information content (AvgIpc) is 2.78. The first-order chi connectivity index (χ1) is 14.9. The number of carbonyl (C=O) groups excluding carboxylic acids is 1. The van der Waals surface area contributed by atoms with Gasteiger partial charge in [0.25, 0.3) is 0 Å². The van der Waals surface area contributed by atoms with Crippen LogP contribution in [0.1, 0.15) is 52.0 Å². The summed E-state index contributed by atoms with van der Waals surface area (Å²) in [5.74, 6) is -0.489. The van der Waals surface area contributed by atoms with Gasteiger partial charge in [-0.2, -0.15) is 0 Å². The molecule has 0 spiro atoms. The fourth-order valence-corrected chi connectivity index (χ4v) is 3.71. The van der Waals surface area contributed by atoms with Crippen molar-refractivity contribution in [1.82, 2.24) is 0 Å². The Labute approximate surface area is 185 Å². The van der Waals surface area contributed by atoms with Crippen LogP contribution in [-0.2, 0) is 11.2 Å². The maximum atomic E-state index is 14.4. The van der Waals surface area contributed by atoms with Crippen molar-refractivity contribution in [3.8, 4) is 28.0 Å². The van der Waals surface area contributed by atoms with Crippen molar-refractivity contribution in [2.24, 2.45) is 0 Å². The van der Waals surface area contributed by atoms with Crippen LogP contribution in [-0.4, -0.2) is 11.6 Å². The number of benzene rings is 3. The van der Waals surface area contributed by atoms with Crippen molar-refractivity contribution in [1.29, 1.82) is 0 Å². The summed E-state index contributed by atoms with van der Waals surface area (Å²) in [7, 11) is 0. The third kappa shape index (κ3) is 5.81. The van der Waals surface area contributed by atoms with Gasteiger partial charge in [0.1, 0.15) is 5.75 Å². The van der Waals surface area contributed by atoms with Crippen LogP contribution >= 0.6 is 0 Å². The van der Waals surface area contributed by atoms with Crippen molar-refractivity contribution in [3.05, 3.63) is 78.4 Å². The molecule has 3 aromatic rings. The average molecular weight is 419 g/mol. The van der Waals surface area contributed by atoms with Crippen LogP contribution in [0.3, 0.4) is 0 Å². The second-order valence-corrected chi connectivity index (χ2v) is 8.21. The zero-order valence-corrected chi connectivity index (χ0v) is 18.7. The molecule has 0 N–H and O–H groups in total. The van der Waals surface area contributed by atoms with E-state index in [9.17, 15) is 9.18 Å². The Morgan fingerprint density at radius 1 is 0.839 bits per heavy atom. The molecular formula is C28H31FO2. The third-order valence-electron chi connectivity index (χ3n) is 5.53. The highest BCUT2D eigenvalue weighted by atomic mass is 19.1. The largest absolute Gasteiger partial charge is 0.424 e. The van der Waals surface area contributed by atoms with E-state index in [0.717, 1.165) is 23.1 Å². The van der Waals surface area contributed by atoms with E-state index in [1.54, 1.807) is 12.1 Å². The number of ether oxygens (including phenoxy) is 1. The Kier molecular flexibility index (Phi) is 7.62. The zero-order valence-electron chi connectivity index (χ0n) is 18.7. The molecule has 1 unspecified atom stereocenters. The standard InChI is InChI=1S/C28H31FO2/c1-4-6-9-21-12-14-22(15-13-21)25-10-7-8-11-26(25)23-16-18-24(19-17-23)31-27(30)28(3,29)20-5-2/h7-8,10-19H,4-6,9,20H2,1-3H3. The van der Waals surface area contributed by atoms with Gasteiger partial charge in [-0.3, -0.25) is 0 Å². The lowest BCUT2D eigenvalue weighted by atomic mass is 9.93. The van der Waals surface area contributed by atoms with Gasteiger partial charge < -0.3 is 4.74 Å². The molecule has 3 aromatic carbocycles.